The summed E-state index contributed by atoms with van der Waals surface area (Å²) in [5, 5.41) is 0. The first-order chi connectivity index (χ1) is 8.08. The zero-order valence-corrected chi connectivity index (χ0v) is 11.1. The first-order valence-corrected chi connectivity index (χ1v) is 6.53. The normalized spacial score (nSPS) is 33.2. The number of Topliss-reactive ketones (excluding diaryl/α,β-unsaturated/α-hetero) is 1. The minimum atomic E-state index is 0.251. The molecule has 0 radical (unpaired) electrons. The average molecular weight is 237 g/mol. The minimum absolute atomic E-state index is 0.251. The molecule has 2 aliphatic rings. The van der Waals surface area contributed by atoms with Crippen molar-refractivity contribution >= 4 is 5.78 Å². The van der Waals surface area contributed by atoms with Crippen LogP contribution in [0.3, 0.4) is 0 Å². The summed E-state index contributed by atoms with van der Waals surface area (Å²) < 4.78 is 5.57. The fourth-order valence-corrected chi connectivity index (χ4v) is 2.83. The van der Waals surface area contributed by atoms with E-state index in [9.17, 15) is 4.79 Å². The molecule has 0 aromatic rings. The molecule has 96 valence electrons. The van der Waals surface area contributed by atoms with Gasteiger partial charge in [-0.3, -0.25) is 9.69 Å². The van der Waals surface area contributed by atoms with Crippen molar-refractivity contribution in [2.45, 2.75) is 45.2 Å². The van der Waals surface area contributed by atoms with Crippen LogP contribution in [-0.2, 0) is 9.53 Å². The molecule has 0 aliphatic carbocycles. The number of fused-ring (bicyclic) bond motifs is 2. The molecule has 2 fully saturated rings. The molecule has 2 bridgehead atoms. The van der Waals surface area contributed by atoms with E-state index in [1.165, 1.54) is 5.57 Å². The second-order valence-corrected chi connectivity index (χ2v) is 5.63. The topological polar surface area (TPSA) is 29.5 Å². The van der Waals surface area contributed by atoms with Crippen molar-refractivity contribution in [1.29, 1.82) is 0 Å². The summed E-state index contributed by atoms with van der Waals surface area (Å²) in [5.74, 6) is 0.664. The van der Waals surface area contributed by atoms with Crippen LogP contribution in [0.5, 0.6) is 0 Å². The SMILES string of the molecule is CC(C)=CCC(=O)C1CC2COCC(C1)N2C. The summed E-state index contributed by atoms with van der Waals surface area (Å²) in [5.41, 5.74) is 1.23. The monoisotopic (exact) mass is 237 g/mol. The highest BCUT2D eigenvalue weighted by atomic mass is 16.5. The summed E-state index contributed by atoms with van der Waals surface area (Å²) in [4.78, 5) is 14.5. The van der Waals surface area contributed by atoms with Gasteiger partial charge in [0.15, 0.2) is 0 Å². The molecule has 0 amide bonds. The largest absolute Gasteiger partial charge is 0.378 e. The van der Waals surface area contributed by atoms with E-state index in [-0.39, 0.29) is 5.92 Å². The number of morpholine rings is 1. The van der Waals surface area contributed by atoms with Crippen molar-refractivity contribution in [1.82, 2.24) is 4.90 Å². The molecule has 0 aromatic carbocycles. The summed E-state index contributed by atoms with van der Waals surface area (Å²) in [7, 11) is 2.16. The Morgan fingerprint density at radius 2 is 1.88 bits per heavy atom. The highest BCUT2D eigenvalue weighted by molar-refractivity contribution is 5.82. The highest BCUT2D eigenvalue weighted by Gasteiger charge is 2.38. The number of nitrogens with zero attached hydrogens (tertiary/aromatic N) is 1. The molecule has 2 unspecified atom stereocenters. The Morgan fingerprint density at radius 3 is 2.41 bits per heavy atom. The van der Waals surface area contributed by atoms with Crippen LogP contribution in [0.15, 0.2) is 11.6 Å². The van der Waals surface area contributed by atoms with Gasteiger partial charge >= 0.3 is 0 Å². The molecule has 2 heterocycles. The van der Waals surface area contributed by atoms with E-state index in [0.717, 1.165) is 26.1 Å². The maximum absolute atomic E-state index is 12.1. The maximum Gasteiger partial charge on any atom is 0.139 e. The maximum atomic E-state index is 12.1. The van der Waals surface area contributed by atoms with Gasteiger partial charge in [0.2, 0.25) is 0 Å². The number of ether oxygens (including phenoxy) is 1. The number of ketones is 1. The van der Waals surface area contributed by atoms with E-state index >= 15 is 0 Å². The lowest BCUT2D eigenvalue weighted by molar-refractivity contribution is -0.130. The molecule has 0 N–H and O–H groups in total. The van der Waals surface area contributed by atoms with Crippen molar-refractivity contribution in [2.24, 2.45) is 5.92 Å². The smallest absolute Gasteiger partial charge is 0.139 e. The molecule has 3 heteroatoms. The van der Waals surface area contributed by atoms with Crippen LogP contribution in [0, 0.1) is 5.92 Å². The van der Waals surface area contributed by atoms with Crippen molar-refractivity contribution in [3.63, 3.8) is 0 Å². The molecular formula is C14H23NO2. The zero-order chi connectivity index (χ0) is 12.4. The van der Waals surface area contributed by atoms with Gasteiger partial charge in [0, 0.05) is 24.4 Å². The van der Waals surface area contributed by atoms with Gasteiger partial charge in [-0.1, -0.05) is 11.6 Å². The number of rotatable bonds is 3. The van der Waals surface area contributed by atoms with Gasteiger partial charge < -0.3 is 4.74 Å². The number of allylic oxidation sites excluding steroid dienone is 2. The highest BCUT2D eigenvalue weighted by Crippen LogP contribution is 2.31. The summed E-state index contributed by atoms with van der Waals surface area (Å²) in [6.07, 6.45) is 4.61. The van der Waals surface area contributed by atoms with Crippen molar-refractivity contribution in [3.8, 4) is 0 Å². The fourth-order valence-electron chi connectivity index (χ4n) is 2.83. The van der Waals surface area contributed by atoms with Crippen LogP contribution in [0.1, 0.15) is 33.1 Å². The Morgan fingerprint density at radius 1 is 1.29 bits per heavy atom. The summed E-state index contributed by atoms with van der Waals surface area (Å²) >= 11 is 0. The van der Waals surface area contributed by atoms with Gasteiger partial charge in [-0.15, -0.1) is 0 Å². The third-order valence-corrected chi connectivity index (χ3v) is 4.05. The van der Waals surface area contributed by atoms with Crippen LogP contribution in [-0.4, -0.2) is 43.0 Å². The number of carbonyl (C=O) groups excluding carboxylic acids is 1. The van der Waals surface area contributed by atoms with E-state index in [0.29, 0.717) is 24.3 Å². The molecule has 3 nitrogen and oxygen atoms in total. The number of piperidine rings is 1. The molecule has 2 saturated heterocycles. The standard InChI is InChI=1S/C14H23NO2/c1-10(2)4-5-14(16)11-6-12-8-17-9-13(7-11)15(12)3/h4,11-13H,5-9H2,1-3H3. The average Bonchev–Trinajstić information content (AvgIpc) is 2.25. The molecule has 2 atom stereocenters. The first kappa shape index (κ1) is 12.8. The second-order valence-electron chi connectivity index (χ2n) is 5.63. The van der Waals surface area contributed by atoms with Gasteiger partial charge in [-0.05, 0) is 33.7 Å². The summed E-state index contributed by atoms with van der Waals surface area (Å²) in [6.45, 7) is 5.67. The lowest BCUT2D eigenvalue weighted by Crippen LogP contribution is -2.55. The first-order valence-electron chi connectivity index (χ1n) is 6.53. The lowest BCUT2D eigenvalue weighted by atomic mass is 9.82. The molecular weight excluding hydrogens is 214 g/mol. The second kappa shape index (κ2) is 5.32. The van der Waals surface area contributed by atoms with Crippen molar-refractivity contribution < 1.29 is 9.53 Å². The lowest BCUT2D eigenvalue weighted by Gasteiger charge is -2.46. The molecule has 2 rings (SSSR count). The van der Waals surface area contributed by atoms with Gasteiger partial charge in [-0.2, -0.15) is 0 Å². The molecule has 0 saturated carbocycles. The number of hydrogen-bond acceptors (Lipinski definition) is 3. The predicted molar refractivity (Wildman–Crippen MR) is 67.9 cm³/mol. The third kappa shape index (κ3) is 2.96. The molecule has 2 aliphatic heterocycles. The molecule has 0 aromatic heterocycles. The number of likely N-dealkylation sites (N-methyl/N-ethyl adjacent to an activating group) is 1. The van der Waals surface area contributed by atoms with Gasteiger partial charge in [0.1, 0.15) is 5.78 Å². The number of carbonyl (C=O) groups is 1. The van der Waals surface area contributed by atoms with Gasteiger partial charge in [0.25, 0.3) is 0 Å². The quantitative estimate of drug-likeness (QED) is 0.703. The van der Waals surface area contributed by atoms with E-state index in [1.54, 1.807) is 0 Å². The van der Waals surface area contributed by atoms with Gasteiger partial charge in [-0.25, -0.2) is 0 Å². The van der Waals surface area contributed by atoms with E-state index in [4.69, 9.17) is 4.74 Å². The Labute approximate surface area is 104 Å². The van der Waals surface area contributed by atoms with Crippen LogP contribution in [0.25, 0.3) is 0 Å². The van der Waals surface area contributed by atoms with E-state index in [1.807, 2.05) is 19.9 Å². The van der Waals surface area contributed by atoms with E-state index < -0.39 is 0 Å². The van der Waals surface area contributed by atoms with Crippen LogP contribution < -0.4 is 0 Å². The van der Waals surface area contributed by atoms with Crippen molar-refractivity contribution in [3.05, 3.63) is 11.6 Å². The Hall–Kier alpha value is -0.670. The molecule has 0 spiro atoms. The Balaban J connectivity index is 1.95. The number of hydrogen-bond donors (Lipinski definition) is 0. The minimum Gasteiger partial charge on any atom is -0.378 e. The zero-order valence-electron chi connectivity index (χ0n) is 11.1. The molecule has 17 heavy (non-hydrogen) atoms. The van der Waals surface area contributed by atoms with Crippen molar-refractivity contribution in [2.75, 3.05) is 20.3 Å². The van der Waals surface area contributed by atoms with Gasteiger partial charge in [0.05, 0.1) is 13.2 Å². The van der Waals surface area contributed by atoms with Crippen LogP contribution in [0.4, 0.5) is 0 Å². The third-order valence-electron chi connectivity index (χ3n) is 4.05. The predicted octanol–water partition coefficient (Wildman–Crippen LogP) is 2.02. The Bertz CT molecular complexity index is 306. The Kier molecular flexibility index (Phi) is 4.00. The fraction of sp³-hybridized carbons (Fsp3) is 0.786. The summed E-state index contributed by atoms with van der Waals surface area (Å²) in [6, 6.07) is 0.895. The van der Waals surface area contributed by atoms with E-state index in [2.05, 4.69) is 11.9 Å². The van der Waals surface area contributed by atoms with Crippen LogP contribution in [0.2, 0.25) is 0 Å². The van der Waals surface area contributed by atoms with Crippen LogP contribution >= 0.6 is 0 Å².